The van der Waals surface area contributed by atoms with Gasteiger partial charge in [0.1, 0.15) is 5.01 Å². The van der Waals surface area contributed by atoms with Gasteiger partial charge in [0.05, 0.1) is 12.2 Å². The molecule has 0 atom stereocenters. The lowest BCUT2D eigenvalue weighted by Gasteiger charge is -2.14. The van der Waals surface area contributed by atoms with Gasteiger partial charge >= 0.3 is 0 Å². The van der Waals surface area contributed by atoms with E-state index >= 15 is 0 Å². The van der Waals surface area contributed by atoms with Crippen molar-refractivity contribution in [2.45, 2.75) is 32.7 Å². The monoisotopic (exact) mass is 289 g/mol. The van der Waals surface area contributed by atoms with Crippen LogP contribution in [0.15, 0.2) is 29.6 Å². The minimum absolute atomic E-state index is 0.127. The molecule has 0 aliphatic heterocycles. The third-order valence-electron chi connectivity index (χ3n) is 3.15. The minimum atomic E-state index is 0.127. The van der Waals surface area contributed by atoms with Gasteiger partial charge in [0.15, 0.2) is 0 Å². The molecular formula is C16H23N3S. The maximum atomic E-state index is 4.69. The second kappa shape index (κ2) is 5.83. The predicted octanol–water partition coefficient (Wildman–Crippen LogP) is 4.12. The molecule has 0 fully saturated rings. The van der Waals surface area contributed by atoms with E-state index in [1.54, 1.807) is 11.3 Å². The molecule has 1 aromatic carbocycles. The molecule has 1 N–H and O–H groups in total. The van der Waals surface area contributed by atoms with E-state index in [9.17, 15) is 0 Å². The highest BCUT2D eigenvalue weighted by Gasteiger charge is 2.17. The van der Waals surface area contributed by atoms with E-state index in [1.165, 1.54) is 11.4 Å². The highest BCUT2D eigenvalue weighted by Crippen LogP contribution is 2.24. The standard InChI is InChI=1S/C16H23N3S/c1-16(2,3)14-11-20-15(18-14)10-17-12-6-8-13(9-7-12)19(4)5/h6-9,11,17H,10H2,1-5H3. The first-order valence-electron chi connectivity index (χ1n) is 6.82. The Morgan fingerprint density at radius 2 is 1.80 bits per heavy atom. The number of anilines is 2. The Labute approximate surface area is 125 Å². The van der Waals surface area contributed by atoms with Crippen LogP contribution in [0.1, 0.15) is 31.5 Å². The van der Waals surface area contributed by atoms with E-state index in [-0.39, 0.29) is 5.41 Å². The van der Waals surface area contributed by atoms with Crippen molar-refractivity contribution in [1.29, 1.82) is 0 Å². The molecule has 20 heavy (non-hydrogen) atoms. The molecular weight excluding hydrogens is 266 g/mol. The molecule has 0 unspecified atom stereocenters. The second-order valence-corrected chi connectivity index (χ2v) is 7.11. The van der Waals surface area contributed by atoms with Gasteiger partial charge in [0.25, 0.3) is 0 Å². The summed E-state index contributed by atoms with van der Waals surface area (Å²) in [6, 6.07) is 8.44. The Kier molecular flexibility index (Phi) is 4.33. The van der Waals surface area contributed by atoms with Crippen molar-refractivity contribution in [2.24, 2.45) is 0 Å². The van der Waals surface area contributed by atoms with Crippen LogP contribution in [0.4, 0.5) is 11.4 Å². The van der Waals surface area contributed by atoms with Crippen molar-refractivity contribution in [2.75, 3.05) is 24.3 Å². The molecule has 0 spiro atoms. The van der Waals surface area contributed by atoms with E-state index in [2.05, 4.69) is 60.6 Å². The first kappa shape index (κ1) is 14.9. The number of thiazole rings is 1. The van der Waals surface area contributed by atoms with Crippen molar-refractivity contribution >= 4 is 22.7 Å². The lowest BCUT2D eigenvalue weighted by Crippen LogP contribution is -2.12. The first-order chi connectivity index (χ1) is 9.36. The molecule has 108 valence electrons. The molecule has 0 bridgehead atoms. The van der Waals surface area contributed by atoms with Crippen molar-refractivity contribution in [3.8, 4) is 0 Å². The fourth-order valence-electron chi connectivity index (χ4n) is 1.79. The molecule has 1 aromatic heterocycles. The molecule has 0 radical (unpaired) electrons. The van der Waals surface area contributed by atoms with Crippen molar-refractivity contribution < 1.29 is 0 Å². The summed E-state index contributed by atoms with van der Waals surface area (Å²) in [6.07, 6.45) is 0. The Morgan fingerprint density at radius 1 is 1.15 bits per heavy atom. The van der Waals surface area contributed by atoms with Gasteiger partial charge in [-0.2, -0.15) is 0 Å². The number of hydrogen-bond donors (Lipinski definition) is 1. The molecule has 2 rings (SSSR count). The fourth-order valence-corrected chi connectivity index (χ4v) is 2.75. The van der Waals surface area contributed by atoms with Crippen molar-refractivity contribution in [1.82, 2.24) is 4.98 Å². The fraction of sp³-hybridized carbons (Fsp3) is 0.438. The van der Waals surface area contributed by atoms with Gasteiger partial charge in [-0.3, -0.25) is 0 Å². The summed E-state index contributed by atoms with van der Waals surface area (Å²) in [6.45, 7) is 7.36. The number of aromatic nitrogens is 1. The van der Waals surface area contributed by atoms with Gasteiger partial charge in [0, 0.05) is 36.3 Å². The maximum Gasteiger partial charge on any atom is 0.112 e. The highest BCUT2D eigenvalue weighted by molar-refractivity contribution is 7.09. The average molecular weight is 289 g/mol. The maximum absolute atomic E-state index is 4.69. The van der Waals surface area contributed by atoms with Crippen molar-refractivity contribution in [3.05, 3.63) is 40.3 Å². The molecule has 2 aromatic rings. The van der Waals surface area contributed by atoms with E-state index < -0.39 is 0 Å². The Morgan fingerprint density at radius 3 is 2.30 bits per heavy atom. The Bertz CT molecular complexity index is 550. The summed E-state index contributed by atoms with van der Waals surface area (Å²) in [5, 5.41) is 6.71. The van der Waals surface area contributed by atoms with Gasteiger partial charge < -0.3 is 10.2 Å². The summed E-state index contributed by atoms with van der Waals surface area (Å²) < 4.78 is 0. The average Bonchev–Trinajstić information content (AvgIpc) is 2.85. The van der Waals surface area contributed by atoms with Gasteiger partial charge in [-0.15, -0.1) is 11.3 Å². The summed E-state index contributed by atoms with van der Waals surface area (Å²) in [4.78, 5) is 6.79. The lowest BCUT2D eigenvalue weighted by molar-refractivity contribution is 0.571. The topological polar surface area (TPSA) is 28.2 Å². The largest absolute Gasteiger partial charge is 0.379 e. The van der Waals surface area contributed by atoms with Gasteiger partial charge in [0.2, 0.25) is 0 Å². The van der Waals surface area contributed by atoms with Crippen LogP contribution in [-0.4, -0.2) is 19.1 Å². The van der Waals surface area contributed by atoms with Crippen LogP contribution in [0, 0.1) is 0 Å². The quantitative estimate of drug-likeness (QED) is 0.917. The van der Waals surface area contributed by atoms with Gasteiger partial charge in [-0.25, -0.2) is 4.98 Å². The summed E-state index contributed by atoms with van der Waals surface area (Å²) >= 11 is 1.72. The molecule has 0 saturated heterocycles. The normalized spacial score (nSPS) is 11.4. The number of rotatable bonds is 4. The van der Waals surface area contributed by atoms with Crippen LogP contribution in [0.3, 0.4) is 0 Å². The minimum Gasteiger partial charge on any atom is -0.379 e. The highest BCUT2D eigenvalue weighted by atomic mass is 32.1. The molecule has 0 amide bonds. The molecule has 0 aliphatic rings. The number of hydrogen-bond acceptors (Lipinski definition) is 4. The van der Waals surface area contributed by atoms with Crippen LogP contribution < -0.4 is 10.2 Å². The van der Waals surface area contributed by atoms with Gasteiger partial charge in [-0.1, -0.05) is 20.8 Å². The number of nitrogens with zero attached hydrogens (tertiary/aromatic N) is 2. The number of benzene rings is 1. The van der Waals surface area contributed by atoms with E-state index in [1.807, 2.05) is 14.1 Å². The summed E-state index contributed by atoms with van der Waals surface area (Å²) in [5.74, 6) is 0. The summed E-state index contributed by atoms with van der Waals surface area (Å²) in [7, 11) is 4.10. The molecule has 4 heteroatoms. The predicted molar refractivity (Wildman–Crippen MR) is 88.9 cm³/mol. The van der Waals surface area contributed by atoms with E-state index in [4.69, 9.17) is 4.98 Å². The molecule has 1 heterocycles. The Balaban J connectivity index is 1.96. The van der Waals surface area contributed by atoms with Gasteiger partial charge in [-0.05, 0) is 24.3 Å². The third kappa shape index (κ3) is 3.73. The number of nitrogens with one attached hydrogen (secondary N) is 1. The molecule has 0 aliphatic carbocycles. The van der Waals surface area contributed by atoms with E-state index in [0.717, 1.165) is 17.2 Å². The van der Waals surface area contributed by atoms with Crippen LogP contribution in [0.2, 0.25) is 0 Å². The SMILES string of the molecule is CN(C)c1ccc(NCc2nc(C(C)(C)C)cs2)cc1. The lowest BCUT2D eigenvalue weighted by atomic mass is 9.93. The first-order valence-corrected chi connectivity index (χ1v) is 7.70. The smallest absolute Gasteiger partial charge is 0.112 e. The zero-order chi connectivity index (χ0) is 14.8. The molecule has 3 nitrogen and oxygen atoms in total. The third-order valence-corrected chi connectivity index (χ3v) is 4.00. The summed E-state index contributed by atoms with van der Waals surface area (Å²) in [5.41, 5.74) is 3.63. The molecule has 0 saturated carbocycles. The van der Waals surface area contributed by atoms with Crippen molar-refractivity contribution in [3.63, 3.8) is 0 Å². The van der Waals surface area contributed by atoms with Crippen LogP contribution in [0.5, 0.6) is 0 Å². The van der Waals surface area contributed by atoms with Crippen LogP contribution in [-0.2, 0) is 12.0 Å². The Hall–Kier alpha value is -1.55. The van der Waals surface area contributed by atoms with Crippen LogP contribution >= 0.6 is 11.3 Å². The second-order valence-electron chi connectivity index (χ2n) is 6.17. The zero-order valence-corrected chi connectivity index (χ0v) is 13.7. The van der Waals surface area contributed by atoms with E-state index in [0.29, 0.717) is 0 Å². The zero-order valence-electron chi connectivity index (χ0n) is 12.9. The van der Waals surface area contributed by atoms with Crippen LogP contribution in [0.25, 0.3) is 0 Å².